The van der Waals surface area contributed by atoms with Gasteiger partial charge in [0.1, 0.15) is 11.3 Å². The fourth-order valence-electron chi connectivity index (χ4n) is 2.20. The quantitative estimate of drug-likeness (QED) is 0.928. The Morgan fingerprint density at radius 3 is 2.45 bits per heavy atom. The van der Waals surface area contributed by atoms with Gasteiger partial charge in [0, 0.05) is 0 Å². The Hall–Kier alpha value is -2.10. The van der Waals surface area contributed by atoms with Crippen molar-refractivity contribution in [2.45, 2.75) is 40.2 Å². The van der Waals surface area contributed by atoms with Gasteiger partial charge >= 0.3 is 0 Å². The van der Waals surface area contributed by atoms with E-state index in [0.717, 1.165) is 12.0 Å². The minimum absolute atomic E-state index is 0.0536. The fraction of sp³-hybridized carbons (Fsp3) is 0.375. The molecule has 4 nitrogen and oxygen atoms in total. The van der Waals surface area contributed by atoms with Crippen LogP contribution in [0.25, 0.3) is 0 Å². The summed E-state index contributed by atoms with van der Waals surface area (Å²) >= 11 is 0. The highest BCUT2D eigenvalue weighted by Gasteiger charge is 2.19. The smallest absolute Gasteiger partial charge is 0.257 e. The van der Waals surface area contributed by atoms with Gasteiger partial charge in [-0.3, -0.25) is 4.79 Å². The van der Waals surface area contributed by atoms with E-state index in [2.05, 4.69) is 41.7 Å². The molecule has 2 rings (SSSR count). The first-order chi connectivity index (χ1) is 9.52. The van der Waals surface area contributed by atoms with E-state index in [1.54, 1.807) is 13.8 Å². The minimum Gasteiger partial charge on any atom is -0.361 e. The average molecular weight is 272 g/mol. The number of aromatic nitrogens is 1. The lowest BCUT2D eigenvalue weighted by Gasteiger charge is -2.14. The molecule has 0 saturated heterocycles. The van der Waals surface area contributed by atoms with E-state index in [4.69, 9.17) is 4.52 Å². The van der Waals surface area contributed by atoms with Crippen LogP contribution in [0.2, 0.25) is 0 Å². The summed E-state index contributed by atoms with van der Waals surface area (Å²) in [5.41, 5.74) is 3.52. The molecule has 0 aliphatic carbocycles. The van der Waals surface area contributed by atoms with Crippen LogP contribution in [0, 0.1) is 13.8 Å². The van der Waals surface area contributed by atoms with Crippen molar-refractivity contribution < 1.29 is 9.32 Å². The maximum atomic E-state index is 12.2. The van der Waals surface area contributed by atoms with E-state index in [1.165, 1.54) is 5.56 Å². The second kappa shape index (κ2) is 5.90. The van der Waals surface area contributed by atoms with Gasteiger partial charge in [-0.1, -0.05) is 36.3 Å². The van der Waals surface area contributed by atoms with Crippen LogP contribution in [-0.4, -0.2) is 11.1 Å². The largest absolute Gasteiger partial charge is 0.361 e. The number of nitrogens with zero attached hydrogens (tertiary/aromatic N) is 1. The van der Waals surface area contributed by atoms with E-state index >= 15 is 0 Å². The Morgan fingerprint density at radius 2 is 1.95 bits per heavy atom. The number of amides is 1. The molecule has 2 aromatic rings. The standard InChI is InChI=1S/C16H20N2O2/c1-5-13-6-8-14(9-7-13)10(2)17-16(19)15-11(3)18-20-12(15)4/h6-10H,5H2,1-4H3,(H,17,19)/t10-/m1/s1. The van der Waals surface area contributed by atoms with Crippen molar-refractivity contribution in [2.24, 2.45) is 0 Å². The van der Waals surface area contributed by atoms with Crippen LogP contribution in [-0.2, 0) is 6.42 Å². The third-order valence-corrected chi connectivity index (χ3v) is 3.50. The van der Waals surface area contributed by atoms with Crippen molar-refractivity contribution in [1.82, 2.24) is 10.5 Å². The highest BCUT2D eigenvalue weighted by atomic mass is 16.5. The van der Waals surface area contributed by atoms with Gasteiger partial charge in [-0.25, -0.2) is 0 Å². The molecule has 0 fully saturated rings. The monoisotopic (exact) mass is 272 g/mol. The molecule has 0 unspecified atom stereocenters. The molecule has 106 valence electrons. The Morgan fingerprint density at radius 1 is 1.30 bits per heavy atom. The summed E-state index contributed by atoms with van der Waals surface area (Å²) in [6.07, 6.45) is 1.01. The molecule has 1 heterocycles. The van der Waals surface area contributed by atoms with Crippen LogP contribution in [0.4, 0.5) is 0 Å². The van der Waals surface area contributed by atoms with E-state index in [-0.39, 0.29) is 11.9 Å². The highest BCUT2D eigenvalue weighted by Crippen LogP contribution is 2.17. The van der Waals surface area contributed by atoms with Gasteiger partial charge in [-0.2, -0.15) is 0 Å². The molecular formula is C16H20N2O2. The lowest BCUT2D eigenvalue weighted by molar-refractivity contribution is 0.0938. The SMILES string of the molecule is CCc1ccc([C@@H](C)NC(=O)c2c(C)noc2C)cc1. The zero-order valence-corrected chi connectivity index (χ0v) is 12.4. The lowest BCUT2D eigenvalue weighted by Crippen LogP contribution is -2.27. The first-order valence-electron chi connectivity index (χ1n) is 6.85. The summed E-state index contributed by atoms with van der Waals surface area (Å²) in [6, 6.07) is 8.23. The Balaban J connectivity index is 2.11. The lowest BCUT2D eigenvalue weighted by atomic mass is 10.0. The van der Waals surface area contributed by atoms with Gasteiger partial charge in [0.2, 0.25) is 0 Å². The molecule has 4 heteroatoms. The van der Waals surface area contributed by atoms with Crippen molar-refractivity contribution in [2.75, 3.05) is 0 Å². The zero-order chi connectivity index (χ0) is 14.7. The summed E-state index contributed by atoms with van der Waals surface area (Å²) in [7, 11) is 0. The van der Waals surface area contributed by atoms with Crippen molar-refractivity contribution in [3.8, 4) is 0 Å². The predicted octanol–water partition coefficient (Wildman–Crippen LogP) is 3.34. The number of hydrogen-bond donors (Lipinski definition) is 1. The minimum atomic E-state index is -0.145. The van der Waals surface area contributed by atoms with Crippen molar-refractivity contribution in [3.63, 3.8) is 0 Å². The molecule has 1 N–H and O–H groups in total. The summed E-state index contributed by atoms with van der Waals surface area (Å²) < 4.78 is 5.02. The van der Waals surface area contributed by atoms with Crippen LogP contribution in [0.1, 0.15) is 52.8 Å². The van der Waals surface area contributed by atoms with Gasteiger partial charge in [-0.05, 0) is 38.3 Å². The fourth-order valence-corrected chi connectivity index (χ4v) is 2.20. The summed E-state index contributed by atoms with van der Waals surface area (Å²) in [4.78, 5) is 12.2. The highest BCUT2D eigenvalue weighted by molar-refractivity contribution is 5.96. The first kappa shape index (κ1) is 14.3. The Labute approximate surface area is 119 Å². The van der Waals surface area contributed by atoms with Crippen molar-refractivity contribution >= 4 is 5.91 Å². The Bertz CT molecular complexity index is 580. The van der Waals surface area contributed by atoms with E-state index in [9.17, 15) is 4.79 Å². The Kier molecular flexibility index (Phi) is 4.23. The number of benzene rings is 1. The van der Waals surface area contributed by atoms with Crippen LogP contribution in [0.5, 0.6) is 0 Å². The number of aryl methyl sites for hydroxylation is 3. The second-order valence-electron chi connectivity index (χ2n) is 4.99. The van der Waals surface area contributed by atoms with E-state index in [1.807, 2.05) is 6.92 Å². The second-order valence-corrected chi connectivity index (χ2v) is 4.99. The number of hydrogen-bond acceptors (Lipinski definition) is 3. The third-order valence-electron chi connectivity index (χ3n) is 3.50. The van der Waals surface area contributed by atoms with Gasteiger partial charge in [0.05, 0.1) is 11.7 Å². The molecule has 0 saturated carbocycles. The maximum Gasteiger partial charge on any atom is 0.257 e. The first-order valence-corrected chi connectivity index (χ1v) is 6.85. The summed E-state index contributed by atoms with van der Waals surface area (Å²) in [5, 5.41) is 6.78. The molecule has 0 bridgehead atoms. The molecule has 1 amide bonds. The maximum absolute atomic E-state index is 12.2. The molecule has 1 atom stereocenters. The summed E-state index contributed by atoms with van der Waals surface area (Å²) in [6.45, 7) is 7.61. The van der Waals surface area contributed by atoms with Crippen LogP contribution in [0.3, 0.4) is 0 Å². The topological polar surface area (TPSA) is 55.1 Å². The average Bonchev–Trinajstić information content (AvgIpc) is 2.78. The van der Waals surface area contributed by atoms with E-state index in [0.29, 0.717) is 17.0 Å². The van der Waals surface area contributed by atoms with Crippen LogP contribution < -0.4 is 5.32 Å². The zero-order valence-electron chi connectivity index (χ0n) is 12.4. The normalized spacial score (nSPS) is 12.2. The molecule has 1 aromatic heterocycles. The van der Waals surface area contributed by atoms with Gasteiger partial charge in [0.15, 0.2) is 0 Å². The number of carbonyl (C=O) groups excluding carboxylic acids is 1. The van der Waals surface area contributed by atoms with Crippen LogP contribution in [0.15, 0.2) is 28.8 Å². The van der Waals surface area contributed by atoms with Gasteiger partial charge < -0.3 is 9.84 Å². The molecule has 0 spiro atoms. The number of nitrogens with one attached hydrogen (secondary N) is 1. The van der Waals surface area contributed by atoms with Crippen molar-refractivity contribution in [1.29, 1.82) is 0 Å². The molecule has 0 aliphatic heterocycles. The predicted molar refractivity (Wildman–Crippen MR) is 77.7 cm³/mol. The number of rotatable bonds is 4. The molecular weight excluding hydrogens is 252 g/mol. The van der Waals surface area contributed by atoms with Crippen molar-refractivity contribution in [3.05, 3.63) is 52.4 Å². The van der Waals surface area contributed by atoms with Gasteiger partial charge in [-0.15, -0.1) is 0 Å². The van der Waals surface area contributed by atoms with Crippen LogP contribution >= 0.6 is 0 Å². The molecule has 0 radical (unpaired) electrons. The van der Waals surface area contributed by atoms with Gasteiger partial charge in [0.25, 0.3) is 5.91 Å². The third kappa shape index (κ3) is 2.90. The molecule has 0 aliphatic rings. The molecule has 20 heavy (non-hydrogen) atoms. The molecule has 1 aromatic carbocycles. The van der Waals surface area contributed by atoms with E-state index < -0.39 is 0 Å². The number of carbonyl (C=O) groups is 1. The summed E-state index contributed by atoms with van der Waals surface area (Å²) in [5.74, 6) is 0.404.